The summed E-state index contributed by atoms with van der Waals surface area (Å²) in [6.07, 6.45) is -3.14. The summed E-state index contributed by atoms with van der Waals surface area (Å²) in [5.74, 6) is -0.429. The summed E-state index contributed by atoms with van der Waals surface area (Å²) in [5, 5.41) is 17.8. The van der Waals surface area contributed by atoms with Gasteiger partial charge in [0.15, 0.2) is 27.6 Å². The lowest BCUT2D eigenvalue weighted by Gasteiger charge is -2.23. The van der Waals surface area contributed by atoms with Gasteiger partial charge in [-0.25, -0.2) is 13.9 Å². The first kappa shape index (κ1) is 37.3. The second kappa shape index (κ2) is 15.0. The Bertz CT molecular complexity index is 1190. The molecule has 0 aromatic carbocycles. The molecule has 244 valence electrons. The zero-order valence-corrected chi connectivity index (χ0v) is 27.9. The summed E-state index contributed by atoms with van der Waals surface area (Å²) in [5.41, 5.74) is 7.56. The predicted molar refractivity (Wildman–Crippen MR) is 164 cm³/mol. The smallest absolute Gasteiger partial charge is 0.387 e. The number of carbonyl (C=O) groups is 2. The second-order valence-electron chi connectivity index (χ2n) is 11.9. The van der Waals surface area contributed by atoms with E-state index in [2.05, 4.69) is 15.0 Å². The van der Waals surface area contributed by atoms with Crippen LogP contribution in [0.15, 0.2) is 11.2 Å². The Labute approximate surface area is 259 Å². The molecular weight excluding hydrogens is 626 g/mol. The van der Waals surface area contributed by atoms with Crippen molar-refractivity contribution in [2.75, 3.05) is 31.3 Å². The molecule has 1 aromatic rings. The third kappa shape index (κ3) is 10.9. The number of hydrogen-bond donors (Lipinski definition) is 5. The number of amidine groups is 1. The molecule has 43 heavy (non-hydrogen) atoms. The second-order valence-corrected chi connectivity index (χ2v) is 15.7. The summed E-state index contributed by atoms with van der Waals surface area (Å²) >= 11 is 2.01. The highest BCUT2D eigenvalue weighted by Gasteiger charge is 2.55. The van der Waals surface area contributed by atoms with E-state index in [9.17, 15) is 19.3 Å². The molecule has 7 N–H and O–H groups in total. The SMILES string of the molecule is CC(C)(C)C(=O)SCCOP(=O)(OCCSC(=O)C(C)(C)C)OC[C@H]1O[C@@H](c2cnc(C(N)=NC(=N)N)[nH]2)[C@](C)(F)[C@@H]1O. The van der Waals surface area contributed by atoms with Crippen LogP contribution in [0.5, 0.6) is 0 Å². The number of aliphatic imine (C=N–C) groups is 1. The van der Waals surface area contributed by atoms with Crippen molar-refractivity contribution in [2.45, 2.75) is 72.4 Å². The van der Waals surface area contributed by atoms with Gasteiger partial charge in [-0.3, -0.25) is 28.6 Å². The number of aromatic nitrogens is 2. The number of halogens is 1. The van der Waals surface area contributed by atoms with E-state index in [0.717, 1.165) is 30.4 Å². The largest absolute Gasteiger partial charge is 0.474 e. The van der Waals surface area contributed by atoms with Crippen molar-refractivity contribution in [3.8, 4) is 0 Å². The molecule has 1 aliphatic heterocycles. The standard InChI is InChI=1S/C25H42FN6O8PS2/c1-23(2,3)20(34)42-10-8-37-41(36,38-9-11-43-21(35)24(4,5)6)39-13-15-16(33)25(7,26)17(40-15)14-12-30-19(31-14)18(27)32-22(28)29/h12,15-17,33H,8-11,13H2,1-7H3,(H,30,31)(H5,27,28,29,32)/t15-,16-,17+,25-/m1/s1. The molecule has 0 bridgehead atoms. The van der Waals surface area contributed by atoms with Crippen molar-refractivity contribution in [1.82, 2.24) is 9.97 Å². The van der Waals surface area contributed by atoms with Crippen molar-refractivity contribution < 1.29 is 42.0 Å². The maximum absolute atomic E-state index is 15.7. The van der Waals surface area contributed by atoms with Crippen LogP contribution in [-0.2, 0) is 32.5 Å². The number of thioether (sulfide) groups is 2. The van der Waals surface area contributed by atoms with E-state index in [1.54, 1.807) is 41.5 Å². The van der Waals surface area contributed by atoms with Crippen LogP contribution >= 0.6 is 31.3 Å². The van der Waals surface area contributed by atoms with E-state index in [1.807, 2.05) is 0 Å². The molecule has 14 nitrogen and oxygen atoms in total. The number of imidazole rings is 1. The number of phosphoric acid groups is 1. The van der Waals surface area contributed by atoms with Crippen LogP contribution < -0.4 is 11.5 Å². The number of phosphoric ester groups is 1. The molecule has 4 atom stereocenters. The topological polar surface area (TPSA) is 225 Å². The molecule has 1 fully saturated rings. The average Bonchev–Trinajstić information content (AvgIpc) is 3.44. The minimum Gasteiger partial charge on any atom is -0.387 e. The number of aliphatic hydroxyl groups excluding tert-OH is 1. The number of H-pyrrole nitrogens is 1. The summed E-state index contributed by atoms with van der Waals surface area (Å²) in [4.78, 5) is 34.7. The van der Waals surface area contributed by atoms with E-state index in [0.29, 0.717) is 0 Å². The van der Waals surface area contributed by atoms with Gasteiger partial charge in [-0.15, -0.1) is 0 Å². The molecule has 2 heterocycles. The van der Waals surface area contributed by atoms with Gasteiger partial charge in [0, 0.05) is 22.3 Å². The Kier molecular flexibility index (Phi) is 13.0. The molecule has 1 aromatic heterocycles. The zero-order chi connectivity index (χ0) is 32.8. The number of aliphatic hydroxyl groups is 1. The lowest BCUT2D eigenvalue weighted by Crippen LogP contribution is -2.39. The third-order valence-electron chi connectivity index (χ3n) is 5.87. The molecule has 0 spiro atoms. The average molecular weight is 669 g/mol. The molecule has 0 aliphatic carbocycles. The maximum Gasteiger partial charge on any atom is 0.474 e. The fourth-order valence-electron chi connectivity index (χ4n) is 3.47. The number of alkyl halides is 1. The van der Waals surface area contributed by atoms with Gasteiger partial charge >= 0.3 is 7.82 Å². The van der Waals surface area contributed by atoms with Crippen molar-refractivity contribution in [1.29, 1.82) is 5.41 Å². The fraction of sp³-hybridized carbons (Fsp3) is 0.720. The van der Waals surface area contributed by atoms with E-state index in [1.165, 1.54) is 6.20 Å². The first-order chi connectivity index (χ1) is 19.7. The van der Waals surface area contributed by atoms with Crippen LogP contribution in [0.4, 0.5) is 4.39 Å². The number of ether oxygens (including phenoxy) is 1. The Morgan fingerprint density at radius 3 is 2.12 bits per heavy atom. The number of guanidine groups is 1. The van der Waals surface area contributed by atoms with Crippen LogP contribution in [0.3, 0.4) is 0 Å². The summed E-state index contributed by atoms with van der Waals surface area (Å²) in [7, 11) is -4.30. The highest BCUT2D eigenvalue weighted by atomic mass is 32.2. The monoisotopic (exact) mass is 668 g/mol. The van der Waals surface area contributed by atoms with Crippen LogP contribution in [-0.4, -0.2) is 86.3 Å². The number of aromatic amines is 1. The highest BCUT2D eigenvalue weighted by molar-refractivity contribution is 8.14. The molecule has 1 saturated heterocycles. The summed E-state index contributed by atoms with van der Waals surface area (Å²) in [6.45, 7) is 10.8. The van der Waals surface area contributed by atoms with Crippen LogP contribution in [0.1, 0.15) is 66.1 Å². The fourth-order valence-corrected chi connectivity index (χ4v) is 6.47. The number of carbonyl (C=O) groups excluding carboxylic acids is 2. The quantitative estimate of drug-likeness (QED) is 0.0881. The van der Waals surface area contributed by atoms with Crippen LogP contribution in [0, 0.1) is 16.2 Å². The third-order valence-corrected chi connectivity index (χ3v) is 9.82. The van der Waals surface area contributed by atoms with Gasteiger partial charge in [-0.2, -0.15) is 4.99 Å². The summed E-state index contributed by atoms with van der Waals surface area (Å²) < 4.78 is 51.2. The van der Waals surface area contributed by atoms with Crippen molar-refractivity contribution in [3.63, 3.8) is 0 Å². The van der Waals surface area contributed by atoms with Gasteiger partial charge in [0.25, 0.3) is 0 Å². The Balaban J connectivity index is 2.10. The first-order valence-electron chi connectivity index (χ1n) is 13.3. The minimum atomic E-state index is -4.30. The molecule has 1 aliphatic rings. The van der Waals surface area contributed by atoms with Crippen molar-refractivity contribution in [2.24, 2.45) is 27.3 Å². The Morgan fingerprint density at radius 2 is 1.65 bits per heavy atom. The number of hydrogen-bond acceptors (Lipinski definition) is 12. The molecule has 0 radical (unpaired) electrons. The normalized spacial score (nSPS) is 23.5. The molecule has 18 heteroatoms. The molecule has 0 amide bonds. The van der Waals surface area contributed by atoms with E-state index in [4.69, 9.17) is 35.2 Å². The van der Waals surface area contributed by atoms with Crippen molar-refractivity contribution >= 4 is 53.4 Å². The maximum atomic E-state index is 15.7. The summed E-state index contributed by atoms with van der Waals surface area (Å²) in [6, 6.07) is 0. The van der Waals surface area contributed by atoms with Crippen LogP contribution in [0.2, 0.25) is 0 Å². The van der Waals surface area contributed by atoms with E-state index < -0.39 is 55.2 Å². The number of nitrogens with two attached hydrogens (primary N) is 2. The van der Waals surface area contributed by atoms with Gasteiger partial charge in [0.1, 0.15) is 18.3 Å². The molecule has 2 rings (SSSR count). The molecule has 0 unspecified atom stereocenters. The highest BCUT2D eigenvalue weighted by Crippen LogP contribution is 2.51. The number of nitrogens with one attached hydrogen (secondary N) is 2. The van der Waals surface area contributed by atoms with Crippen LogP contribution in [0.25, 0.3) is 0 Å². The molecular formula is C25H42FN6O8PS2. The first-order valence-corrected chi connectivity index (χ1v) is 16.7. The van der Waals surface area contributed by atoms with Crippen molar-refractivity contribution in [3.05, 3.63) is 17.7 Å². The van der Waals surface area contributed by atoms with Gasteiger partial charge < -0.3 is 26.3 Å². The molecule has 0 saturated carbocycles. The van der Waals surface area contributed by atoms with Gasteiger partial charge in [0.05, 0.1) is 31.7 Å². The predicted octanol–water partition coefficient (Wildman–Crippen LogP) is 3.31. The number of rotatable bonds is 13. The Hall–Kier alpha value is -1.85. The lowest BCUT2D eigenvalue weighted by atomic mass is 9.93. The minimum absolute atomic E-state index is 0.00992. The lowest BCUT2D eigenvalue weighted by molar-refractivity contribution is -0.118. The van der Waals surface area contributed by atoms with E-state index in [-0.39, 0.29) is 52.3 Å². The van der Waals surface area contributed by atoms with Gasteiger partial charge in [-0.1, -0.05) is 65.1 Å². The zero-order valence-electron chi connectivity index (χ0n) is 25.3. The Morgan fingerprint density at radius 1 is 1.14 bits per heavy atom. The number of nitrogens with zero attached hydrogens (tertiary/aromatic N) is 2. The van der Waals surface area contributed by atoms with E-state index >= 15 is 4.39 Å². The van der Waals surface area contributed by atoms with Gasteiger partial charge in [-0.05, 0) is 6.92 Å². The van der Waals surface area contributed by atoms with Gasteiger partial charge in [0.2, 0.25) is 5.96 Å².